The Morgan fingerprint density at radius 2 is 2.20 bits per heavy atom. The molecule has 0 saturated heterocycles. The van der Waals surface area contributed by atoms with Gasteiger partial charge in [-0.15, -0.1) is 11.6 Å². The van der Waals surface area contributed by atoms with E-state index in [0.717, 1.165) is 0 Å². The third-order valence-electron chi connectivity index (χ3n) is 1.71. The highest BCUT2D eigenvalue weighted by Crippen LogP contribution is 2.08. The number of hydrogen-bond acceptors (Lipinski definition) is 3. The Bertz CT molecular complexity index is 362. The molecule has 82 valence electrons. The molecule has 6 heteroatoms. The van der Waals surface area contributed by atoms with E-state index in [0.29, 0.717) is 5.76 Å². The zero-order valence-electron chi connectivity index (χ0n) is 8.17. The van der Waals surface area contributed by atoms with Crippen LogP contribution < -0.4 is 10.6 Å². The van der Waals surface area contributed by atoms with Crippen LogP contribution in [0.15, 0.2) is 16.5 Å². The predicted octanol–water partition coefficient (Wildman–Crippen LogP) is 1.13. The van der Waals surface area contributed by atoms with Gasteiger partial charge in [-0.25, -0.2) is 4.79 Å². The molecule has 0 unspecified atom stereocenters. The minimum atomic E-state index is -0.309. The highest BCUT2D eigenvalue weighted by molar-refractivity contribution is 6.30. The Labute approximate surface area is 91.8 Å². The molecule has 0 atom stereocenters. The number of alkyl halides is 1. The van der Waals surface area contributed by atoms with E-state index in [9.17, 15) is 9.59 Å². The van der Waals surface area contributed by atoms with Gasteiger partial charge in [0.15, 0.2) is 5.76 Å². The van der Waals surface area contributed by atoms with Gasteiger partial charge in [0.25, 0.3) is 0 Å². The van der Waals surface area contributed by atoms with Gasteiger partial charge < -0.3 is 15.1 Å². The number of nitrogens with one attached hydrogen (secondary N) is 2. The van der Waals surface area contributed by atoms with Crippen LogP contribution in [0.25, 0.3) is 0 Å². The number of ketones is 1. The third-order valence-corrected chi connectivity index (χ3v) is 1.95. The minimum absolute atomic E-state index is 0.115. The maximum absolute atomic E-state index is 11.1. The van der Waals surface area contributed by atoms with Crippen LogP contribution in [0.2, 0.25) is 0 Å². The van der Waals surface area contributed by atoms with Crippen molar-refractivity contribution in [3.05, 3.63) is 23.7 Å². The lowest BCUT2D eigenvalue weighted by atomic mass is 10.3. The first-order valence-corrected chi connectivity index (χ1v) is 4.84. The number of hydrogen-bond donors (Lipinski definition) is 2. The predicted molar refractivity (Wildman–Crippen MR) is 55.1 cm³/mol. The van der Waals surface area contributed by atoms with Crippen LogP contribution in [0, 0.1) is 0 Å². The van der Waals surface area contributed by atoms with Crippen LogP contribution in [0.5, 0.6) is 0 Å². The summed E-state index contributed by atoms with van der Waals surface area (Å²) in [4.78, 5) is 21.9. The van der Waals surface area contributed by atoms with E-state index in [1.54, 1.807) is 6.07 Å². The van der Waals surface area contributed by atoms with Gasteiger partial charge >= 0.3 is 6.03 Å². The fourth-order valence-electron chi connectivity index (χ4n) is 0.944. The van der Waals surface area contributed by atoms with Crippen LogP contribution in [0.1, 0.15) is 16.3 Å². The van der Waals surface area contributed by atoms with Crippen molar-refractivity contribution < 1.29 is 14.0 Å². The van der Waals surface area contributed by atoms with Crippen molar-refractivity contribution in [2.24, 2.45) is 0 Å². The lowest BCUT2D eigenvalue weighted by molar-refractivity contribution is 0.0989. The standard InChI is InChI=1S/C9H11ClN2O3/c1-11-9(14)12-5-6-2-3-8(15-6)7(13)4-10/h2-3H,4-5H2,1H3,(H2,11,12,14). The van der Waals surface area contributed by atoms with E-state index in [1.165, 1.54) is 13.1 Å². The Morgan fingerprint density at radius 3 is 2.80 bits per heavy atom. The molecule has 1 rings (SSSR count). The van der Waals surface area contributed by atoms with Crippen molar-refractivity contribution in [2.45, 2.75) is 6.54 Å². The maximum atomic E-state index is 11.1. The van der Waals surface area contributed by atoms with Crippen LogP contribution in [0.3, 0.4) is 0 Å². The molecule has 0 bridgehead atoms. The molecule has 0 aliphatic rings. The summed E-state index contributed by atoms with van der Waals surface area (Å²) in [6.07, 6.45) is 0. The van der Waals surface area contributed by atoms with Crippen LogP contribution in [-0.2, 0) is 6.54 Å². The summed E-state index contributed by atoms with van der Waals surface area (Å²) in [5.74, 6) is 0.323. The lowest BCUT2D eigenvalue weighted by Gasteiger charge is -2.00. The molecule has 0 radical (unpaired) electrons. The highest BCUT2D eigenvalue weighted by atomic mass is 35.5. The zero-order chi connectivity index (χ0) is 11.3. The number of rotatable bonds is 4. The molecular weight excluding hydrogens is 220 g/mol. The summed E-state index contributed by atoms with van der Waals surface area (Å²) in [5.41, 5.74) is 0. The first-order chi connectivity index (χ1) is 7.17. The molecule has 5 nitrogen and oxygen atoms in total. The van der Waals surface area contributed by atoms with Gasteiger partial charge in [0, 0.05) is 7.05 Å². The Morgan fingerprint density at radius 1 is 1.47 bits per heavy atom. The van der Waals surface area contributed by atoms with Gasteiger partial charge in [-0.3, -0.25) is 4.79 Å². The van der Waals surface area contributed by atoms with E-state index in [4.69, 9.17) is 16.0 Å². The average molecular weight is 231 g/mol. The molecule has 2 amide bonds. The van der Waals surface area contributed by atoms with Crippen molar-refractivity contribution >= 4 is 23.4 Å². The van der Waals surface area contributed by atoms with Gasteiger partial charge in [0.1, 0.15) is 5.76 Å². The molecule has 1 aromatic heterocycles. The van der Waals surface area contributed by atoms with Gasteiger partial charge in [0.2, 0.25) is 5.78 Å². The fourth-order valence-corrected chi connectivity index (χ4v) is 1.08. The number of carbonyl (C=O) groups excluding carboxylic acids is 2. The molecular formula is C9H11ClN2O3. The second kappa shape index (κ2) is 5.41. The molecule has 1 aromatic rings. The molecule has 0 aromatic carbocycles. The highest BCUT2D eigenvalue weighted by Gasteiger charge is 2.09. The molecule has 0 fully saturated rings. The van der Waals surface area contributed by atoms with Gasteiger partial charge in [-0.2, -0.15) is 0 Å². The smallest absolute Gasteiger partial charge is 0.314 e. The van der Waals surface area contributed by atoms with E-state index < -0.39 is 0 Å². The van der Waals surface area contributed by atoms with E-state index in [1.807, 2.05) is 0 Å². The van der Waals surface area contributed by atoms with Crippen LogP contribution in [0.4, 0.5) is 4.79 Å². The largest absolute Gasteiger partial charge is 0.456 e. The summed E-state index contributed by atoms with van der Waals surface area (Å²) in [7, 11) is 1.51. The van der Waals surface area contributed by atoms with Crippen molar-refractivity contribution in [1.82, 2.24) is 10.6 Å². The number of furan rings is 1. The average Bonchev–Trinajstić information content (AvgIpc) is 2.73. The zero-order valence-corrected chi connectivity index (χ0v) is 8.93. The molecule has 2 N–H and O–H groups in total. The molecule has 0 aliphatic heterocycles. The maximum Gasteiger partial charge on any atom is 0.314 e. The number of halogens is 1. The summed E-state index contributed by atoms with van der Waals surface area (Å²) in [6, 6.07) is 2.85. The lowest BCUT2D eigenvalue weighted by Crippen LogP contribution is -2.31. The second-order valence-corrected chi connectivity index (χ2v) is 3.02. The third kappa shape index (κ3) is 3.28. The summed E-state index contributed by atoms with van der Waals surface area (Å²) >= 11 is 5.36. The van der Waals surface area contributed by atoms with E-state index in [-0.39, 0.29) is 30.0 Å². The first-order valence-electron chi connectivity index (χ1n) is 4.31. The topological polar surface area (TPSA) is 71.3 Å². The van der Waals surface area contributed by atoms with Crippen molar-refractivity contribution in [3.63, 3.8) is 0 Å². The quantitative estimate of drug-likeness (QED) is 0.602. The Balaban J connectivity index is 2.53. The van der Waals surface area contributed by atoms with Crippen molar-refractivity contribution in [3.8, 4) is 0 Å². The molecule has 1 heterocycles. The number of carbonyl (C=O) groups is 2. The molecule has 0 saturated carbocycles. The SMILES string of the molecule is CNC(=O)NCc1ccc(C(=O)CCl)o1. The number of Topliss-reactive ketones (excluding diaryl/α,β-unsaturated/α-hetero) is 1. The van der Waals surface area contributed by atoms with Gasteiger partial charge in [-0.1, -0.05) is 0 Å². The first kappa shape index (κ1) is 11.6. The number of urea groups is 1. The van der Waals surface area contributed by atoms with Crippen molar-refractivity contribution in [1.29, 1.82) is 0 Å². The minimum Gasteiger partial charge on any atom is -0.456 e. The Kier molecular flexibility index (Phi) is 4.17. The van der Waals surface area contributed by atoms with Crippen molar-refractivity contribution in [2.75, 3.05) is 12.9 Å². The van der Waals surface area contributed by atoms with E-state index >= 15 is 0 Å². The Hall–Kier alpha value is -1.49. The summed E-state index contributed by atoms with van der Waals surface area (Å²) in [6.45, 7) is 0.231. The van der Waals surface area contributed by atoms with Gasteiger partial charge in [-0.05, 0) is 12.1 Å². The fraction of sp³-hybridized carbons (Fsp3) is 0.333. The molecule has 15 heavy (non-hydrogen) atoms. The normalized spacial score (nSPS) is 9.73. The summed E-state index contributed by atoms with van der Waals surface area (Å²) < 4.78 is 5.15. The second-order valence-electron chi connectivity index (χ2n) is 2.76. The van der Waals surface area contributed by atoms with Crippen LogP contribution in [-0.4, -0.2) is 24.7 Å². The molecule has 0 spiro atoms. The van der Waals surface area contributed by atoms with Gasteiger partial charge in [0.05, 0.1) is 12.4 Å². The molecule has 0 aliphatic carbocycles. The monoisotopic (exact) mass is 230 g/mol. The van der Waals surface area contributed by atoms with E-state index in [2.05, 4.69) is 10.6 Å². The van der Waals surface area contributed by atoms with Crippen LogP contribution >= 0.6 is 11.6 Å². The summed E-state index contributed by atoms with van der Waals surface area (Å²) in [5, 5.41) is 4.93. The number of amides is 2.